The number of nitrogens with zero attached hydrogens (tertiary/aromatic N) is 2. The van der Waals surface area contributed by atoms with Crippen molar-refractivity contribution in [2.24, 2.45) is 0 Å². The summed E-state index contributed by atoms with van der Waals surface area (Å²) < 4.78 is 0. The first-order valence-corrected chi connectivity index (χ1v) is 19.5. The topological polar surface area (TPSA) is 28.2 Å². The van der Waals surface area contributed by atoms with Gasteiger partial charge < -0.3 is 10.6 Å². The van der Waals surface area contributed by atoms with Gasteiger partial charge in [-0.1, -0.05) is 162 Å². The average molecular weight is 721 g/mol. The molecule has 4 aromatic carbocycles. The molecule has 0 heterocycles. The van der Waals surface area contributed by atoms with Crippen LogP contribution in [0.15, 0.2) is 72.8 Å². The van der Waals surface area contributed by atoms with Crippen molar-refractivity contribution in [3.05, 3.63) is 117 Å². The molecule has 5 rings (SSSR count). The summed E-state index contributed by atoms with van der Waals surface area (Å²) >= 11 is 6.00. The minimum atomic E-state index is -0.0614. The molecule has 0 spiro atoms. The van der Waals surface area contributed by atoms with Crippen molar-refractivity contribution in [3.8, 4) is 0 Å². The third kappa shape index (κ3) is 6.73. The molecule has 0 bridgehead atoms. The van der Waals surface area contributed by atoms with Crippen molar-refractivity contribution < 1.29 is 10.9 Å². The van der Waals surface area contributed by atoms with Gasteiger partial charge in [-0.15, -0.1) is 23.5 Å². The summed E-state index contributed by atoms with van der Waals surface area (Å²) in [7, 11) is 1.25. The van der Waals surface area contributed by atoms with Crippen LogP contribution in [0, 0.1) is 0 Å². The predicted octanol–water partition coefficient (Wildman–Crippen LogP) is 13.5. The van der Waals surface area contributed by atoms with E-state index in [0.29, 0.717) is 23.7 Å². The van der Waals surface area contributed by atoms with Gasteiger partial charge in [-0.05, 0) is 34.4 Å². The molecule has 0 saturated carbocycles. The van der Waals surface area contributed by atoms with Gasteiger partial charge in [-0.25, -0.2) is 0 Å². The van der Waals surface area contributed by atoms with Gasteiger partial charge in [-0.3, -0.25) is 0 Å². The summed E-state index contributed by atoms with van der Waals surface area (Å²) in [6.07, 6.45) is 0. The SMILES string of the molecule is CC(C)c1cccc(C(C)C)c1[N-]C1c2cccc3cccc(c23)C1[N-]c1c(C(C)C)cccc1C(C)C.[Br][Ni+2][Br]. The zero-order valence-corrected chi connectivity index (χ0v) is 29.5. The Balaban J connectivity index is 0.00000124. The van der Waals surface area contributed by atoms with E-state index in [1.807, 2.05) is 0 Å². The summed E-state index contributed by atoms with van der Waals surface area (Å²) in [5.41, 5.74) is 10.2. The summed E-state index contributed by atoms with van der Waals surface area (Å²) in [6, 6.07) is 26.7. The zero-order chi connectivity index (χ0) is 29.8. The summed E-state index contributed by atoms with van der Waals surface area (Å²) in [5, 5.41) is 14.0. The molecular formula is C36H42Br2N2Ni. The quantitative estimate of drug-likeness (QED) is 0.162. The first-order valence-electron chi connectivity index (χ1n) is 14.6. The summed E-state index contributed by atoms with van der Waals surface area (Å²) in [6.45, 7) is 18.2. The van der Waals surface area contributed by atoms with Gasteiger partial charge in [0.15, 0.2) is 0 Å². The van der Waals surface area contributed by atoms with Crippen molar-refractivity contribution in [3.63, 3.8) is 0 Å². The van der Waals surface area contributed by atoms with Crippen LogP contribution in [0.2, 0.25) is 0 Å². The van der Waals surface area contributed by atoms with Gasteiger partial charge >= 0.3 is 39.3 Å². The second kappa shape index (κ2) is 14.1. The van der Waals surface area contributed by atoms with E-state index < -0.39 is 0 Å². The van der Waals surface area contributed by atoms with Gasteiger partial charge in [-0.2, -0.15) is 0 Å². The Hall–Kier alpha value is -1.81. The molecule has 0 amide bonds. The third-order valence-electron chi connectivity index (χ3n) is 8.13. The number of benzene rings is 4. The number of halogens is 2. The van der Waals surface area contributed by atoms with Crippen molar-refractivity contribution in [2.75, 3.05) is 0 Å². The molecule has 1 aliphatic carbocycles. The summed E-state index contributed by atoms with van der Waals surface area (Å²) in [4.78, 5) is 0. The van der Waals surface area contributed by atoms with Crippen LogP contribution in [0.3, 0.4) is 0 Å². The Labute approximate surface area is 267 Å². The van der Waals surface area contributed by atoms with Crippen LogP contribution in [-0.4, -0.2) is 0 Å². The normalized spacial score (nSPS) is 16.1. The molecule has 2 unspecified atom stereocenters. The van der Waals surface area contributed by atoms with Crippen molar-refractivity contribution in [1.82, 2.24) is 0 Å². The fourth-order valence-corrected chi connectivity index (χ4v) is 6.11. The molecule has 0 aromatic heterocycles. The van der Waals surface area contributed by atoms with Crippen LogP contribution >= 0.6 is 28.5 Å². The van der Waals surface area contributed by atoms with Gasteiger partial charge in [0.1, 0.15) is 0 Å². The molecule has 0 aliphatic heterocycles. The zero-order valence-electron chi connectivity index (χ0n) is 25.4. The van der Waals surface area contributed by atoms with E-state index in [1.54, 1.807) is 0 Å². The number of hydrogen-bond acceptors (Lipinski definition) is 0. The minimum absolute atomic E-state index is 0.0614. The second-order valence-electron chi connectivity index (χ2n) is 12.2. The van der Waals surface area contributed by atoms with E-state index in [0.717, 1.165) is 11.4 Å². The molecule has 220 valence electrons. The molecule has 2 atom stereocenters. The molecular weight excluding hydrogens is 679 g/mol. The molecule has 2 nitrogen and oxygen atoms in total. The van der Waals surface area contributed by atoms with Gasteiger partial charge in [0, 0.05) is 0 Å². The van der Waals surface area contributed by atoms with E-state index in [9.17, 15) is 0 Å². The fourth-order valence-electron chi connectivity index (χ4n) is 6.11. The average Bonchev–Trinajstić information content (AvgIpc) is 3.22. The van der Waals surface area contributed by atoms with Crippen LogP contribution in [0.25, 0.3) is 21.4 Å². The number of para-hydroxylation sites is 2. The maximum absolute atomic E-state index is 5.67. The van der Waals surface area contributed by atoms with Gasteiger partial charge in [0.2, 0.25) is 0 Å². The summed E-state index contributed by atoms with van der Waals surface area (Å²) in [5.74, 6) is 1.60. The number of rotatable bonds is 8. The Bertz CT molecular complexity index is 1320. The van der Waals surface area contributed by atoms with Crippen LogP contribution in [0.5, 0.6) is 0 Å². The van der Waals surface area contributed by atoms with Crippen molar-refractivity contribution in [1.29, 1.82) is 0 Å². The molecule has 0 N–H and O–H groups in total. The Morgan fingerprint density at radius 2 is 0.805 bits per heavy atom. The standard InChI is InChI=1S/C36H42N2.2BrH.Ni/c1-21(2)26-15-11-16-27(22(3)4)33(26)37-35-30-19-9-13-25-14-10-20-31(32(25)30)36(35)38-34-28(23(5)6)17-12-18-29(34)24(7)8;;;/h9-24,35-36H,1-8H3;2*1H;/q-2;;;+4/p-2. The van der Waals surface area contributed by atoms with Crippen LogP contribution in [0.1, 0.15) is 125 Å². The second-order valence-corrected chi connectivity index (χ2v) is 17.2. The van der Waals surface area contributed by atoms with Crippen molar-refractivity contribution in [2.45, 2.75) is 91.1 Å². The molecule has 0 fully saturated rings. The molecule has 4 aromatic rings. The Morgan fingerprint density at radius 1 is 0.512 bits per heavy atom. The van der Waals surface area contributed by atoms with Crippen molar-refractivity contribution >= 4 is 50.6 Å². The molecule has 0 radical (unpaired) electrons. The Morgan fingerprint density at radius 3 is 1.10 bits per heavy atom. The monoisotopic (exact) mass is 718 g/mol. The van der Waals surface area contributed by atoms with E-state index >= 15 is 0 Å². The Kier molecular flexibility index (Phi) is 11.1. The van der Waals surface area contributed by atoms with Crippen LogP contribution in [-0.2, 0) is 10.9 Å². The molecule has 41 heavy (non-hydrogen) atoms. The van der Waals surface area contributed by atoms with Gasteiger partial charge in [0.25, 0.3) is 0 Å². The van der Waals surface area contributed by atoms with E-state index in [-0.39, 0.29) is 12.1 Å². The molecule has 1 aliphatic rings. The van der Waals surface area contributed by atoms with Crippen LogP contribution < -0.4 is 0 Å². The first-order chi connectivity index (χ1) is 19.6. The molecule has 5 heteroatoms. The predicted molar refractivity (Wildman–Crippen MR) is 183 cm³/mol. The maximum atomic E-state index is 5.67. The third-order valence-corrected chi connectivity index (χ3v) is 8.13. The van der Waals surface area contributed by atoms with E-state index in [4.69, 9.17) is 10.6 Å². The van der Waals surface area contributed by atoms with Gasteiger partial charge in [0.05, 0.1) is 0 Å². The number of hydrogen-bond donors (Lipinski definition) is 0. The van der Waals surface area contributed by atoms with E-state index in [1.165, 1.54) is 55.1 Å². The molecule has 0 saturated heterocycles. The first kappa shape index (κ1) is 32.1. The van der Waals surface area contributed by atoms with Crippen LogP contribution in [0.4, 0.5) is 11.4 Å². The van der Waals surface area contributed by atoms with E-state index in [2.05, 4.69) is 157 Å². The fraction of sp³-hybridized carbons (Fsp3) is 0.389.